The third-order valence-electron chi connectivity index (χ3n) is 2.64. The maximum atomic E-state index is 2.32. The van der Waals surface area contributed by atoms with Crippen molar-refractivity contribution in [1.82, 2.24) is 0 Å². The van der Waals surface area contributed by atoms with Crippen molar-refractivity contribution in [1.29, 1.82) is 0 Å². The van der Waals surface area contributed by atoms with E-state index in [2.05, 4.69) is 27.7 Å². The Labute approximate surface area is 102 Å². The number of allylic oxidation sites excluding steroid dienone is 4. The van der Waals surface area contributed by atoms with Crippen LogP contribution in [0.15, 0.2) is 20.0 Å². The Kier molecular flexibility index (Phi) is 7.21. The Morgan fingerprint density at radius 3 is 1.50 bits per heavy atom. The zero-order valence-corrected chi connectivity index (χ0v) is 13.1. The summed E-state index contributed by atoms with van der Waals surface area (Å²) < 4.78 is 1.69. The minimum Gasteiger partial charge on any atom is -0.147 e. The summed E-state index contributed by atoms with van der Waals surface area (Å²) in [5.74, 6) is 0.756. The SMILES string of the molecule is CC1=C(C)C(C)[C]([Hf])=C1C.Cl.Cl. The molecule has 0 radical (unpaired) electrons. The van der Waals surface area contributed by atoms with E-state index in [-0.39, 0.29) is 24.8 Å². The quantitative estimate of drug-likeness (QED) is 0.570. The monoisotopic (exact) mass is 373 g/mol. The fraction of sp³-hybridized carbons (Fsp3) is 0.556. The third kappa shape index (κ3) is 2.46. The third-order valence-corrected chi connectivity index (χ3v) is 5.54. The molecule has 0 saturated carbocycles. The zero-order chi connectivity index (χ0) is 7.89. The molecule has 1 unspecified atom stereocenters. The number of rotatable bonds is 0. The molecule has 0 N–H and O–H groups in total. The molecule has 1 rings (SSSR count). The van der Waals surface area contributed by atoms with E-state index in [1.807, 2.05) is 0 Å². The van der Waals surface area contributed by atoms with Gasteiger partial charge in [-0.2, -0.15) is 0 Å². The van der Waals surface area contributed by atoms with Crippen molar-refractivity contribution >= 4 is 24.8 Å². The summed E-state index contributed by atoms with van der Waals surface area (Å²) >= 11 is 1.23. The van der Waals surface area contributed by atoms with Crippen LogP contribution in [0.3, 0.4) is 0 Å². The zero-order valence-electron chi connectivity index (χ0n) is 7.89. The van der Waals surface area contributed by atoms with Crippen LogP contribution in [0.4, 0.5) is 0 Å². The van der Waals surface area contributed by atoms with E-state index in [1.165, 1.54) is 29.9 Å². The number of halogens is 2. The summed E-state index contributed by atoms with van der Waals surface area (Å²) in [6.07, 6.45) is 0. The molecule has 0 aliphatic heterocycles. The summed E-state index contributed by atoms with van der Waals surface area (Å²) in [6, 6.07) is 0. The van der Waals surface area contributed by atoms with E-state index >= 15 is 0 Å². The van der Waals surface area contributed by atoms with E-state index in [4.69, 9.17) is 0 Å². The Morgan fingerprint density at radius 1 is 1.00 bits per heavy atom. The van der Waals surface area contributed by atoms with Gasteiger partial charge in [0.2, 0.25) is 0 Å². The fourth-order valence-electron chi connectivity index (χ4n) is 1.36. The minimum atomic E-state index is 0. The number of hydrogen-bond acceptors (Lipinski definition) is 0. The van der Waals surface area contributed by atoms with Crippen molar-refractivity contribution in [3.05, 3.63) is 20.0 Å². The van der Waals surface area contributed by atoms with Gasteiger partial charge in [0.15, 0.2) is 0 Å². The Hall–Kier alpha value is 0.930. The van der Waals surface area contributed by atoms with E-state index in [0.29, 0.717) is 0 Å². The van der Waals surface area contributed by atoms with Crippen LogP contribution in [0.1, 0.15) is 27.7 Å². The van der Waals surface area contributed by atoms with Gasteiger partial charge in [-0.25, -0.2) is 0 Å². The molecule has 0 amide bonds. The molecule has 0 aromatic carbocycles. The van der Waals surface area contributed by atoms with Crippen LogP contribution >= 0.6 is 24.8 Å². The molecule has 0 saturated heterocycles. The van der Waals surface area contributed by atoms with Gasteiger partial charge in [0.05, 0.1) is 0 Å². The molecule has 3 heteroatoms. The molecule has 12 heavy (non-hydrogen) atoms. The van der Waals surface area contributed by atoms with Gasteiger partial charge in [0, 0.05) is 0 Å². The fourth-order valence-corrected chi connectivity index (χ4v) is 2.82. The molecule has 1 aliphatic rings. The molecule has 0 aromatic heterocycles. The molecule has 0 bridgehead atoms. The van der Waals surface area contributed by atoms with Crippen molar-refractivity contribution in [2.24, 2.45) is 5.92 Å². The Bertz CT molecular complexity index is 205. The molecule has 0 fully saturated rings. The van der Waals surface area contributed by atoms with Gasteiger partial charge in [-0.05, 0) is 0 Å². The Morgan fingerprint density at radius 2 is 1.42 bits per heavy atom. The predicted molar refractivity (Wildman–Crippen MR) is 54.7 cm³/mol. The van der Waals surface area contributed by atoms with Crippen molar-refractivity contribution in [2.75, 3.05) is 0 Å². The van der Waals surface area contributed by atoms with Crippen molar-refractivity contribution in [3.63, 3.8) is 0 Å². The van der Waals surface area contributed by atoms with Gasteiger partial charge >= 0.3 is 78.0 Å². The summed E-state index contributed by atoms with van der Waals surface area (Å²) in [7, 11) is 0. The smallest absolute Gasteiger partial charge is 0.147 e. The minimum absolute atomic E-state index is 0. The average Bonchev–Trinajstić information content (AvgIpc) is 2.07. The van der Waals surface area contributed by atoms with Gasteiger partial charge in [-0.15, -0.1) is 24.8 Å². The molecular weight excluding hydrogens is 357 g/mol. The topological polar surface area (TPSA) is 0 Å². The van der Waals surface area contributed by atoms with E-state index in [0.717, 1.165) is 5.92 Å². The van der Waals surface area contributed by atoms with Crippen molar-refractivity contribution < 1.29 is 24.4 Å². The van der Waals surface area contributed by atoms with Gasteiger partial charge in [0.25, 0.3) is 0 Å². The predicted octanol–water partition coefficient (Wildman–Crippen LogP) is 3.64. The second kappa shape index (κ2) is 5.62. The van der Waals surface area contributed by atoms with Gasteiger partial charge in [0.1, 0.15) is 0 Å². The van der Waals surface area contributed by atoms with E-state index in [1.54, 1.807) is 14.5 Å². The summed E-state index contributed by atoms with van der Waals surface area (Å²) in [4.78, 5) is 0. The van der Waals surface area contributed by atoms with Crippen LogP contribution in [0, 0.1) is 5.92 Å². The van der Waals surface area contributed by atoms with Crippen molar-refractivity contribution in [3.8, 4) is 0 Å². The second-order valence-corrected chi connectivity index (χ2v) is 5.00. The molecule has 69 valence electrons. The molecule has 1 aliphatic carbocycles. The largest absolute Gasteiger partial charge is 0.147 e. The summed E-state index contributed by atoms with van der Waals surface area (Å²) in [6.45, 7) is 9.07. The normalized spacial score (nSPS) is 22.1. The van der Waals surface area contributed by atoms with Crippen LogP contribution in [0.5, 0.6) is 0 Å². The van der Waals surface area contributed by atoms with Crippen LogP contribution in [-0.2, 0) is 24.4 Å². The summed E-state index contributed by atoms with van der Waals surface area (Å²) in [5.41, 5.74) is 4.69. The first kappa shape index (κ1) is 15.4. The standard InChI is InChI=1S/C9H13.2ClH.Hf/c1-6-5-7(2)9(4)8(6)3;;;/h6H,1-4H3;2*1H;. The second-order valence-electron chi connectivity index (χ2n) is 3.07. The van der Waals surface area contributed by atoms with Gasteiger partial charge < -0.3 is 0 Å². The maximum absolute atomic E-state index is 2.32. The first-order chi connectivity index (χ1) is 4.55. The summed E-state index contributed by atoms with van der Waals surface area (Å²) in [5, 5.41) is 0. The maximum Gasteiger partial charge on any atom is -0.147 e. The molecule has 0 heterocycles. The molecule has 0 nitrogen and oxygen atoms in total. The van der Waals surface area contributed by atoms with Crippen LogP contribution in [-0.4, -0.2) is 0 Å². The first-order valence-electron chi connectivity index (χ1n) is 3.65. The van der Waals surface area contributed by atoms with E-state index < -0.39 is 0 Å². The van der Waals surface area contributed by atoms with Crippen LogP contribution in [0.25, 0.3) is 0 Å². The molecule has 0 spiro atoms. The molecule has 1 atom stereocenters. The van der Waals surface area contributed by atoms with Gasteiger partial charge in [-0.1, -0.05) is 0 Å². The van der Waals surface area contributed by atoms with E-state index in [9.17, 15) is 0 Å². The Balaban J connectivity index is 0. The average molecular weight is 373 g/mol. The molecule has 0 aromatic rings. The van der Waals surface area contributed by atoms with Crippen LogP contribution < -0.4 is 0 Å². The van der Waals surface area contributed by atoms with Gasteiger partial charge in [-0.3, -0.25) is 0 Å². The van der Waals surface area contributed by atoms with Crippen molar-refractivity contribution in [2.45, 2.75) is 27.7 Å². The van der Waals surface area contributed by atoms with Crippen LogP contribution in [0.2, 0.25) is 0 Å². The first-order valence-corrected chi connectivity index (χ1v) is 5.45. The molecular formula is C9H15Cl2Hf. The number of hydrogen-bond donors (Lipinski definition) is 0.